The van der Waals surface area contributed by atoms with E-state index in [0.717, 1.165) is 8.66 Å². The van der Waals surface area contributed by atoms with Crippen LogP contribution in [0, 0.1) is 0 Å². The molecule has 0 saturated heterocycles. The number of hydrogen-bond donors (Lipinski definition) is 2. The summed E-state index contributed by atoms with van der Waals surface area (Å²) in [5, 5.41) is 2.78. The molecule has 1 amide bonds. The molecule has 0 spiro atoms. The molecule has 0 atom stereocenters. The molecule has 2 aromatic rings. The van der Waals surface area contributed by atoms with Gasteiger partial charge in [0.1, 0.15) is 5.76 Å². The zero-order valence-corrected chi connectivity index (χ0v) is 11.3. The van der Waals surface area contributed by atoms with E-state index in [1.54, 1.807) is 23.5 Å². The summed E-state index contributed by atoms with van der Waals surface area (Å²) in [6.45, 7) is 0.791. The van der Waals surface area contributed by atoms with Crippen molar-refractivity contribution in [2.24, 2.45) is 5.73 Å². The molecule has 0 fully saturated rings. The lowest BCUT2D eigenvalue weighted by Crippen LogP contribution is -2.21. The van der Waals surface area contributed by atoms with Crippen LogP contribution in [0.2, 0.25) is 0 Å². The highest BCUT2D eigenvalue weighted by Gasteiger charge is 2.10. The molecule has 2 rings (SSSR count). The average molecular weight is 315 g/mol. The van der Waals surface area contributed by atoms with Crippen molar-refractivity contribution >= 4 is 33.2 Å². The fraction of sp³-hybridized carbons (Fsp3) is 0.182. The van der Waals surface area contributed by atoms with Crippen LogP contribution in [-0.2, 0) is 13.1 Å². The molecule has 0 saturated carbocycles. The summed E-state index contributed by atoms with van der Waals surface area (Å²) in [4.78, 5) is 12.8. The summed E-state index contributed by atoms with van der Waals surface area (Å²) in [5.74, 6) is 0.671. The van der Waals surface area contributed by atoms with E-state index in [0.29, 0.717) is 24.6 Å². The molecule has 0 radical (unpaired) electrons. The van der Waals surface area contributed by atoms with Crippen LogP contribution in [0.5, 0.6) is 0 Å². The first-order valence-electron chi connectivity index (χ1n) is 5.00. The predicted molar refractivity (Wildman–Crippen MR) is 69.8 cm³/mol. The topological polar surface area (TPSA) is 68.3 Å². The zero-order valence-electron chi connectivity index (χ0n) is 8.90. The molecule has 2 aromatic heterocycles. The van der Waals surface area contributed by atoms with Crippen molar-refractivity contribution in [3.05, 3.63) is 44.4 Å². The molecule has 0 aliphatic rings. The molecule has 0 aliphatic carbocycles. The summed E-state index contributed by atoms with van der Waals surface area (Å²) < 4.78 is 6.29. The summed E-state index contributed by atoms with van der Waals surface area (Å²) >= 11 is 4.96. The summed E-state index contributed by atoms with van der Waals surface area (Å²) in [6, 6.07) is 7.24. The summed E-state index contributed by atoms with van der Waals surface area (Å²) in [7, 11) is 0. The van der Waals surface area contributed by atoms with E-state index >= 15 is 0 Å². The first-order valence-corrected chi connectivity index (χ1v) is 6.61. The minimum atomic E-state index is -0.228. The van der Waals surface area contributed by atoms with Gasteiger partial charge in [0.15, 0.2) is 5.76 Å². The number of furan rings is 1. The van der Waals surface area contributed by atoms with E-state index in [2.05, 4.69) is 21.2 Å². The Hall–Kier alpha value is -1.11. The van der Waals surface area contributed by atoms with Crippen LogP contribution in [-0.4, -0.2) is 5.91 Å². The van der Waals surface area contributed by atoms with Gasteiger partial charge >= 0.3 is 0 Å². The third-order valence-electron chi connectivity index (χ3n) is 2.14. The number of carbonyl (C=O) groups excluding carboxylic acids is 1. The number of nitrogens with one attached hydrogen (secondary N) is 1. The smallest absolute Gasteiger partial charge is 0.287 e. The molecule has 4 nitrogen and oxygen atoms in total. The summed E-state index contributed by atoms with van der Waals surface area (Å²) in [5.41, 5.74) is 5.40. The number of nitrogens with two attached hydrogens (primary N) is 1. The van der Waals surface area contributed by atoms with Crippen molar-refractivity contribution in [1.29, 1.82) is 0 Å². The number of carbonyl (C=O) groups is 1. The van der Waals surface area contributed by atoms with Gasteiger partial charge in [-0.25, -0.2) is 0 Å². The molecular weight excluding hydrogens is 304 g/mol. The van der Waals surface area contributed by atoms with Crippen LogP contribution in [0.4, 0.5) is 0 Å². The number of hydrogen-bond acceptors (Lipinski definition) is 4. The second-order valence-electron chi connectivity index (χ2n) is 3.36. The SMILES string of the molecule is NCc1ccc(C(=O)NCc2ccc(Br)s2)o1. The molecule has 17 heavy (non-hydrogen) atoms. The van der Waals surface area contributed by atoms with Crippen molar-refractivity contribution in [2.45, 2.75) is 13.1 Å². The molecule has 6 heteroatoms. The van der Waals surface area contributed by atoms with Crippen molar-refractivity contribution in [3.63, 3.8) is 0 Å². The lowest BCUT2D eigenvalue weighted by Gasteiger charge is -2.00. The fourth-order valence-electron chi connectivity index (χ4n) is 1.31. The Balaban J connectivity index is 1.93. The Morgan fingerprint density at radius 3 is 2.82 bits per heavy atom. The van der Waals surface area contributed by atoms with E-state index in [4.69, 9.17) is 10.2 Å². The fourth-order valence-corrected chi connectivity index (χ4v) is 2.73. The maximum atomic E-state index is 11.7. The van der Waals surface area contributed by atoms with E-state index in [9.17, 15) is 4.79 Å². The minimum Gasteiger partial charge on any atom is -0.455 e. The lowest BCUT2D eigenvalue weighted by atomic mass is 10.4. The quantitative estimate of drug-likeness (QED) is 0.911. The van der Waals surface area contributed by atoms with Gasteiger partial charge in [-0.3, -0.25) is 4.79 Å². The maximum absolute atomic E-state index is 11.7. The predicted octanol–water partition coefficient (Wildman–Crippen LogP) is 2.49. The van der Waals surface area contributed by atoms with Crippen LogP contribution in [0.25, 0.3) is 0 Å². The standard InChI is InChI=1S/C11H11BrN2O2S/c12-10-4-2-8(17-10)6-14-11(15)9-3-1-7(5-13)16-9/h1-4H,5-6,13H2,(H,14,15). The van der Waals surface area contributed by atoms with Crippen molar-refractivity contribution < 1.29 is 9.21 Å². The van der Waals surface area contributed by atoms with E-state index in [1.807, 2.05) is 12.1 Å². The zero-order chi connectivity index (χ0) is 12.3. The molecule has 0 aliphatic heterocycles. The summed E-state index contributed by atoms with van der Waals surface area (Å²) in [6.07, 6.45) is 0. The Morgan fingerprint density at radius 1 is 1.41 bits per heavy atom. The van der Waals surface area contributed by atoms with Crippen LogP contribution < -0.4 is 11.1 Å². The van der Waals surface area contributed by atoms with Crippen LogP contribution in [0.3, 0.4) is 0 Å². The first-order chi connectivity index (χ1) is 8.19. The maximum Gasteiger partial charge on any atom is 0.287 e. The van der Waals surface area contributed by atoms with E-state index in [1.165, 1.54) is 0 Å². The van der Waals surface area contributed by atoms with Gasteiger partial charge in [-0.15, -0.1) is 11.3 Å². The normalized spacial score (nSPS) is 10.5. The van der Waals surface area contributed by atoms with Gasteiger partial charge in [0.05, 0.1) is 16.9 Å². The van der Waals surface area contributed by atoms with Gasteiger partial charge in [-0.05, 0) is 40.2 Å². The first kappa shape index (κ1) is 12.3. The van der Waals surface area contributed by atoms with Crippen LogP contribution in [0.1, 0.15) is 21.2 Å². The number of amides is 1. The third kappa shape index (κ3) is 3.18. The Kier molecular flexibility index (Phi) is 3.98. The van der Waals surface area contributed by atoms with E-state index < -0.39 is 0 Å². The van der Waals surface area contributed by atoms with Crippen molar-refractivity contribution in [3.8, 4) is 0 Å². The molecule has 0 bridgehead atoms. The molecule has 0 unspecified atom stereocenters. The second kappa shape index (κ2) is 5.48. The lowest BCUT2D eigenvalue weighted by molar-refractivity contribution is 0.0922. The molecule has 2 heterocycles. The highest BCUT2D eigenvalue weighted by atomic mass is 79.9. The molecule has 90 valence electrons. The molecule has 0 aromatic carbocycles. The minimum absolute atomic E-state index is 0.228. The Bertz CT molecular complexity index is 521. The van der Waals surface area contributed by atoms with Gasteiger partial charge in [-0.1, -0.05) is 0 Å². The number of rotatable bonds is 4. The molecule has 3 N–H and O–H groups in total. The van der Waals surface area contributed by atoms with Gasteiger partial charge in [0.25, 0.3) is 5.91 Å². The third-order valence-corrected chi connectivity index (χ3v) is 3.76. The Labute approximate surface area is 111 Å². The number of thiophene rings is 1. The largest absolute Gasteiger partial charge is 0.455 e. The highest BCUT2D eigenvalue weighted by Crippen LogP contribution is 2.21. The van der Waals surface area contributed by atoms with Gasteiger partial charge in [0.2, 0.25) is 0 Å². The van der Waals surface area contributed by atoms with E-state index in [-0.39, 0.29) is 5.91 Å². The van der Waals surface area contributed by atoms with Crippen molar-refractivity contribution in [2.75, 3.05) is 0 Å². The van der Waals surface area contributed by atoms with Gasteiger partial charge in [0, 0.05) is 4.88 Å². The number of halogens is 1. The van der Waals surface area contributed by atoms with Crippen LogP contribution >= 0.6 is 27.3 Å². The Morgan fingerprint density at radius 2 is 2.24 bits per heavy atom. The average Bonchev–Trinajstić information content (AvgIpc) is 2.94. The second-order valence-corrected chi connectivity index (χ2v) is 5.91. The van der Waals surface area contributed by atoms with Crippen LogP contribution in [0.15, 0.2) is 32.5 Å². The molecular formula is C11H11BrN2O2S. The van der Waals surface area contributed by atoms with Crippen molar-refractivity contribution in [1.82, 2.24) is 5.32 Å². The van der Waals surface area contributed by atoms with Gasteiger partial charge < -0.3 is 15.5 Å². The monoisotopic (exact) mass is 314 g/mol. The van der Waals surface area contributed by atoms with Gasteiger partial charge in [-0.2, -0.15) is 0 Å². The highest BCUT2D eigenvalue weighted by molar-refractivity contribution is 9.11.